The molecule has 1 atom stereocenters. The Morgan fingerprint density at radius 1 is 0.909 bits per heavy atom. The molecule has 0 saturated heterocycles. The van der Waals surface area contributed by atoms with Crippen molar-refractivity contribution in [2.45, 2.75) is 70.4 Å². The Hall–Kier alpha value is -2.54. The molecule has 176 valence electrons. The predicted octanol–water partition coefficient (Wildman–Crippen LogP) is 7.94. The summed E-state index contributed by atoms with van der Waals surface area (Å²) in [6.45, 7) is 13.8. The summed E-state index contributed by atoms with van der Waals surface area (Å²) in [6.07, 6.45) is -2.96. The SMILES string of the molecule is CC(C)[Si](C(C)C)(C(C)C)n1ccc2cc3c(cc21)C(c1ccc(C(F)(F)F)cc1)OC3=O. The Morgan fingerprint density at radius 3 is 2.00 bits per heavy atom. The molecular weight excluding hydrogens is 443 g/mol. The maximum absolute atomic E-state index is 13.0. The highest BCUT2D eigenvalue weighted by Crippen LogP contribution is 2.46. The van der Waals surface area contributed by atoms with E-state index in [1.165, 1.54) is 12.1 Å². The number of benzene rings is 2. The van der Waals surface area contributed by atoms with Crippen molar-refractivity contribution >= 4 is 25.1 Å². The normalized spacial score (nSPS) is 16.8. The van der Waals surface area contributed by atoms with E-state index in [4.69, 9.17) is 4.74 Å². The standard InChI is InChI=1S/C26H30F3NO2Si/c1-15(2)33(16(3)4,17(5)6)30-12-11-19-13-22-21(14-23(19)30)24(32-25(22)31)18-7-9-20(10-8-18)26(27,28)29/h7-17,24H,1-6H3. The minimum atomic E-state index is -4.41. The maximum atomic E-state index is 13.0. The van der Waals surface area contributed by atoms with E-state index in [0.717, 1.165) is 23.0 Å². The van der Waals surface area contributed by atoms with Crippen LogP contribution in [0.3, 0.4) is 0 Å². The molecule has 0 spiro atoms. The summed E-state index contributed by atoms with van der Waals surface area (Å²) in [4.78, 5) is 12.6. The zero-order valence-corrected chi connectivity index (χ0v) is 20.8. The van der Waals surface area contributed by atoms with Crippen molar-refractivity contribution in [1.29, 1.82) is 0 Å². The van der Waals surface area contributed by atoms with Gasteiger partial charge in [0, 0.05) is 11.1 Å². The summed E-state index contributed by atoms with van der Waals surface area (Å²) < 4.78 is 47.1. The van der Waals surface area contributed by atoms with Gasteiger partial charge in [0.1, 0.15) is 0 Å². The highest BCUT2D eigenvalue weighted by Gasteiger charge is 2.46. The van der Waals surface area contributed by atoms with Gasteiger partial charge in [-0.15, -0.1) is 0 Å². The first-order valence-corrected chi connectivity index (χ1v) is 13.6. The molecule has 4 rings (SSSR count). The van der Waals surface area contributed by atoms with E-state index in [9.17, 15) is 18.0 Å². The van der Waals surface area contributed by atoms with E-state index in [-0.39, 0.29) is 0 Å². The molecule has 0 bridgehead atoms. The van der Waals surface area contributed by atoms with E-state index >= 15 is 0 Å². The van der Waals surface area contributed by atoms with Gasteiger partial charge in [-0.1, -0.05) is 53.7 Å². The minimum Gasteiger partial charge on any atom is -0.449 e. The van der Waals surface area contributed by atoms with Crippen LogP contribution in [-0.2, 0) is 10.9 Å². The first kappa shape index (κ1) is 23.6. The number of rotatable bonds is 5. The summed E-state index contributed by atoms with van der Waals surface area (Å²) in [5.74, 6) is -0.440. The molecular formula is C26H30F3NO2Si. The second-order valence-electron chi connectivity index (χ2n) is 9.94. The van der Waals surface area contributed by atoms with Crippen LogP contribution in [0.1, 0.15) is 74.7 Å². The Bertz CT molecular complexity index is 1170. The molecule has 0 N–H and O–H groups in total. The third-order valence-electron chi connectivity index (χ3n) is 7.32. The second kappa shape index (κ2) is 8.04. The largest absolute Gasteiger partial charge is 0.449 e. The average Bonchev–Trinajstić information content (AvgIpc) is 3.27. The third kappa shape index (κ3) is 3.61. The molecule has 3 aromatic rings. The number of hydrogen-bond acceptors (Lipinski definition) is 2. The van der Waals surface area contributed by atoms with Crippen LogP contribution < -0.4 is 0 Å². The van der Waals surface area contributed by atoms with E-state index in [1.807, 2.05) is 12.1 Å². The quantitative estimate of drug-likeness (QED) is 0.278. The number of esters is 1. The number of carbonyl (C=O) groups excluding carboxylic acids is 1. The van der Waals surface area contributed by atoms with E-state index in [1.54, 1.807) is 0 Å². The Kier molecular flexibility index (Phi) is 5.75. The lowest BCUT2D eigenvalue weighted by Gasteiger charge is -2.44. The summed E-state index contributed by atoms with van der Waals surface area (Å²) in [5.41, 5.74) is 3.54. The maximum Gasteiger partial charge on any atom is 0.416 e. The minimum absolute atomic E-state index is 0.440. The third-order valence-corrected chi connectivity index (χ3v) is 14.1. The lowest BCUT2D eigenvalue weighted by atomic mass is 9.97. The van der Waals surface area contributed by atoms with Crippen LogP contribution in [-0.4, -0.2) is 18.4 Å². The van der Waals surface area contributed by atoms with E-state index in [2.05, 4.69) is 58.0 Å². The van der Waals surface area contributed by atoms with Gasteiger partial charge in [-0.05, 0) is 64.1 Å². The van der Waals surface area contributed by atoms with Gasteiger partial charge in [-0.25, -0.2) is 4.79 Å². The van der Waals surface area contributed by atoms with Crippen molar-refractivity contribution in [3.63, 3.8) is 0 Å². The summed E-state index contributed by atoms with van der Waals surface area (Å²) in [7, 11) is -2.03. The molecule has 2 aromatic carbocycles. The number of fused-ring (bicyclic) bond motifs is 2. The lowest BCUT2D eigenvalue weighted by molar-refractivity contribution is -0.137. The number of aromatic nitrogens is 1. The van der Waals surface area contributed by atoms with Crippen LogP contribution >= 0.6 is 0 Å². The number of hydrogen-bond donors (Lipinski definition) is 0. The number of carbonyl (C=O) groups is 1. The average molecular weight is 474 g/mol. The molecule has 1 aliphatic heterocycles. The van der Waals surface area contributed by atoms with Gasteiger partial charge < -0.3 is 8.97 Å². The Balaban J connectivity index is 1.88. The van der Waals surface area contributed by atoms with Crippen molar-refractivity contribution in [3.05, 3.63) is 70.9 Å². The van der Waals surface area contributed by atoms with Crippen molar-refractivity contribution in [1.82, 2.24) is 4.23 Å². The van der Waals surface area contributed by atoms with Crippen molar-refractivity contribution < 1.29 is 22.7 Å². The molecule has 1 unspecified atom stereocenters. The molecule has 0 aliphatic carbocycles. The number of nitrogens with zero attached hydrogens (tertiary/aromatic N) is 1. The van der Waals surface area contributed by atoms with Crippen LogP contribution in [0.4, 0.5) is 13.2 Å². The molecule has 0 radical (unpaired) electrons. The summed E-state index contributed by atoms with van der Waals surface area (Å²) >= 11 is 0. The zero-order valence-electron chi connectivity index (χ0n) is 19.8. The molecule has 7 heteroatoms. The summed E-state index contributed by atoms with van der Waals surface area (Å²) in [5, 5.41) is 0.984. The fraction of sp³-hybridized carbons (Fsp3) is 0.423. The van der Waals surface area contributed by atoms with Crippen LogP contribution in [0.25, 0.3) is 10.9 Å². The number of alkyl halides is 3. The molecule has 1 aromatic heterocycles. The van der Waals surface area contributed by atoms with E-state index in [0.29, 0.717) is 33.3 Å². The first-order chi connectivity index (χ1) is 15.4. The fourth-order valence-electron chi connectivity index (χ4n) is 6.09. The fourth-order valence-corrected chi connectivity index (χ4v) is 12.7. The molecule has 33 heavy (non-hydrogen) atoms. The highest BCUT2D eigenvalue weighted by atomic mass is 28.3. The van der Waals surface area contributed by atoms with Crippen LogP contribution in [0.2, 0.25) is 16.6 Å². The van der Waals surface area contributed by atoms with E-state index < -0.39 is 32.0 Å². The molecule has 0 amide bonds. The molecule has 1 aliphatic rings. The summed E-state index contributed by atoms with van der Waals surface area (Å²) in [6, 6.07) is 10.8. The smallest absolute Gasteiger partial charge is 0.416 e. The van der Waals surface area contributed by atoms with Crippen LogP contribution in [0.15, 0.2) is 48.7 Å². The van der Waals surface area contributed by atoms with Crippen molar-refractivity contribution in [3.8, 4) is 0 Å². The highest BCUT2D eigenvalue weighted by molar-refractivity contribution is 6.82. The first-order valence-electron chi connectivity index (χ1n) is 11.4. The van der Waals surface area contributed by atoms with Gasteiger partial charge in [-0.2, -0.15) is 13.2 Å². The Labute approximate surface area is 193 Å². The zero-order chi connectivity index (χ0) is 24.3. The Morgan fingerprint density at radius 2 is 1.48 bits per heavy atom. The van der Waals surface area contributed by atoms with Gasteiger partial charge in [0.15, 0.2) is 14.3 Å². The molecule has 0 fully saturated rings. The predicted molar refractivity (Wildman–Crippen MR) is 127 cm³/mol. The van der Waals surface area contributed by atoms with Gasteiger partial charge in [0.25, 0.3) is 0 Å². The van der Waals surface area contributed by atoms with Gasteiger partial charge in [0.05, 0.1) is 11.1 Å². The van der Waals surface area contributed by atoms with Gasteiger partial charge >= 0.3 is 12.1 Å². The van der Waals surface area contributed by atoms with Gasteiger partial charge in [0.2, 0.25) is 0 Å². The van der Waals surface area contributed by atoms with Gasteiger partial charge in [-0.3, -0.25) is 0 Å². The number of cyclic esters (lactones) is 1. The van der Waals surface area contributed by atoms with Crippen LogP contribution in [0.5, 0.6) is 0 Å². The lowest BCUT2D eigenvalue weighted by Crippen LogP contribution is -2.51. The molecule has 0 saturated carbocycles. The molecule has 2 heterocycles. The number of ether oxygens (including phenoxy) is 1. The molecule has 3 nitrogen and oxygen atoms in total. The van der Waals surface area contributed by atoms with Crippen molar-refractivity contribution in [2.75, 3.05) is 0 Å². The monoisotopic (exact) mass is 473 g/mol. The van der Waals surface area contributed by atoms with Crippen LogP contribution in [0, 0.1) is 0 Å². The van der Waals surface area contributed by atoms with Crippen molar-refractivity contribution in [2.24, 2.45) is 0 Å². The number of halogens is 3. The topological polar surface area (TPSA) is 31.2 Å². The second-order valence-corrected chi connectivity index (χ2v) is 15.7.